The van der Waals surface area contributed by atoms with Gasteiger partial charge in [0, 0.05) is 6.07 Å². The molecule has 0 saturated carbocycles. The third-order valence-electron chi connectivity index (χ3n) is 2.55. The predicted octanol–water partition coefficient (Wildman–Crippen LogP) is 2.67. The van der Waals surface area contributed by atoms with Crippen molar-refractivity contribution in [1.29, 1.82) is 0 Å². The van der Waals surface area contributed by atoms with Gasteiger partial charge in [0.1, 0.15) is 17.1 Å². The molecule has 6 heteroatoms. The number of phenols is 1. The van der Waals surface area contributed by atoms with Crippen molar-refractivity contribution in [3.8, 4) is 5.75 Å². The first-order chi connectivity index (χ1) is 9.00. The zero-order valence-electron chi connectivity index (χ0n) is 9.54. The lowest BCUT2D eigenvalue weighted by Crippen LogP contribution is -2.06. The number of hydrogen-bond donors (Lipinski definition) is 1. The number of ketones is 1. The van der Waals surface area contributed by atoms with Crippen molar-refractivity contribution in [2.45, 2.75) is 0 Å². The number of rotatable bonds is 3. The monoisotopic (exact) mass is 261 g/mol. The molecule has 96 valence electrons. The summed E-state index contributed by atoms with van der Waals surface area (Å²) in [5.41, 5.74) is -0.904. The number of benzene rings is 2. The summed E-state index contributed by atoms with van der Waals surface area (Å²) in [5, 5.41) is 20.4. The zero-order chi connectivity index (χ0) is 14.0. The fourth-order valence-corrected chi connectivity index (χ4v) is 1.66. The molecular weight excluding hydrogens is 253 g/mol. The molecule has 2 aromatic carbocycles. The van der Waals surface area contributed by atoms with Gasteiger partial charge in [-0.1, -0.05) is 12.1 Å². The molecule has 0 atom stereocenters. The van der Waals surface area contributed by atoms with Crippen molar-refractivity contribution >= 4 is 11.5 Å². The molecule has 0 amide bonds. The number of hydrogen-bond acceptors (Lipinski definition) is 4. The van der Waals surface area contributed by atoms with Gasteiger partial charge >= 0.3 is 0 Å². The first-order valence-corrected chi connectivity index (χ1v) is 5.27. The third kappa shape index (κ3) is 2.42. The van der Waals surface area contributed by atoms with Crippen LogP contribution in [0.4, 0.5) is 10.1 Å². The van der Waals surface area contributed by atoms with Gasteiger partial charge in [-0.3, -0.25) is 14.9 Å². The second-order valence-corrected chi connectivity index (χ2v) is 3.76. The molecule has 0 aliphatic carbocycles. The maximum atomic E-state index is 13.1. The molecule has 0 saturated heterocycles. The molecule has 1 N–H and O–H groups in total. The predicted molar refractivity (Wildman–Crippen MR) is 64.6 cm³/mol. The minimum Gasteiger partial charge on any atom is -0.507 e. The van der Waals surface area contributed by atoms with Crippen LogP contribution >= 0.6 is 0 Å². The summed E-state index contributed by atoms with van der Waals surface area (Å²) in [4.78, 5) is 22.2. The van der Waals surface area contributed by atoms with Gasteiger partial charge in [-0.05, 0) is 24.3 Å². The van der Waals surface area contributed by atoms with Gasteiger partial charge in [0.15, 0.2) is 0 Å². The van der Waals surface area contributed by atoms with Crippen molar-refractivity contribution in [3.63, 3.8) is 0 Å². The number of carbonyl (C=O) groups is 1. The third-order valence-corrected chi connectivity index (χ3v) is 2.55. The quantitative estimate of drug-likeness (QED) is 0.523. The van der Waals surface area contributed by atoms with Gasteiger partial charge in [0.2, 0.25) is 5.78 Å². The van der Waals surface area contributed by atoms with Crippen molar-refractivity contribution in [3.05, 3.63) is 69.5 Å². The summed E-state index contributed by atoms with van der Waals surface area (Å²) >= 11 is 0. The van der Waals surface area contributed by atoms with E-state index in [4.69, 9.17) is 0 Å². The van der Waals surface area contributed by atoms with Gasteiger partial charge in [-0.15, -0.1) is 0 Å². The normalized spacial score (nSPS) is 10.2. The summed E-state index contributed by atoms with van der Waals surface area (Å²) in [6.45, 7) is 0. The van der Waals surface area contributed by atoms with Crippen LogP contribution in [0.1, 0.15) is 15.9 Å². The highest BCUT2D eigenvalue weighted by Gasteiger charge is 2.22. The van der Waals surface area contributed by atoms with E-state index in [1.54, 1.807) is 0 Å². The summed E-state index contributed by atoms with van der Waals surface area (Å²) in [5.74, 6) is -1.94. The van der Waals surface area contributed by atoms with E-state index < -0.39 is 28.0 Å². The average Bonchev–Trinajstić information content (AvgIpc) is 2.40. The molecule has 0 bridgehead atoms. The standard InChI is InChI=1S/C13H8FNO4/c14-8-5-6-12(16)10(7-8)13(17)9-3-1-2-4-11(9)15(18)19/h1-7,16H. The maximum absolute atomic E-state index is 13.1. The number of phenolic OH excluding ortho intramolecular Hbond substituents is 1. The number of aromatic hydroxyl groups is 1. The fraction of sp³-hybridized carbons (Fsp3) is 0. The average molecular weight is 261 g/mol. The first kappa shape index (κ1) is 12.7. The second-order valence-electron chi connectivity index (χ2n) is 3.76. The molecular formula is C13H8FNO4. The van der Waals surface area contributed by atoms with Crippen LogP contribution in [0.2, 0.25) is 0 Å². The Hall–Kier alpha value is -2.76. The maximum Gasteiger partial charge on any atom is 0.280 e. The molecule has 0 aliphatic rings. The van der Waals surface area contributed by atoms with Crippen LogP contribution in [-0.2, 0) is 0 Å². The Labute approximate surface area is 107 Å². The van der Waals surface area contributed by atoms with Crippen molar-refractivity contribution in [2.75, 3.05) is 0 Å². The van der Waals surface area contributed by atoms with Gasteiger partial charge in [0.25, 0.3) is 5.69 Å². The Morgan fingerprint density at radius 1 is 1.16 bits per heavy atom. The molecule has 0 aliphatic heterocycles. The van der Waals surface area contributed by atoms with Gasteiger partial charge in [-0.2, -0.15) is 0 Å². The van der Waals surface area contributed by atoms with Gasteiger partial charge in [0.05, 0.1) is 10.5 Å². The zero-order valence-corrected chi connectivity index (χ0v) is 9.54. The Morgan fingerprint density at radius 2 is 1.84 bits per heavy atom. The van der Waals surface area contributed by atoms with E-state index in [0.717, 1.165) is 18.2 Å². The molecule has 0 radical (unpaired) electrons. The van der Waals surface area contributed by atoms with Crippen LogP contribution in [-0.4, -0.2) is 15.8 Å². The van der Waals surface area contributed by atoms with E-state index >= 15 is 0 Å². The fourth-order valence-electron chi connectivity index (χ4n) is 1.66. The number of nitro groups is 1. The molecule has 0 spiro atoms. The van der Waals surface area contributed by atoms with Crippen LogP contribution in [0.3, 0.4) is 0 Å². The number of nitrogens with zero attached hydrogens (tertiary/aromatic N) is 1. The van der Waals surface area contributed by atoms with Gasteiger partial charge < -0.3 is 5.11 Å². The first-order valence-electron chi connectivity index (χ1n) is 5.27. The lowest BCUT2D eigenvalue weighted by atomic mass is 10.0. The smallest absolute Gasteiger partial charge is 0.280 e. The molecule has 0 heterocycles. The largest absolute Gasteiger partial charge is 0.507 e. The Balaban J connectivity index is 2.56. The molecule has 5 nitrogen and oxygen atoms in total. The van der Waals surface area contributed by atoms with E-state index in [-0.39, 0.29) is 11.1 Å². The van der Waals surface area contributed by atoms with Crippen LogP contribution in [0, 0.1) is 15.9 Å². The van der Waals surface area contributed by atoms with Crippen LogP contribution in [0.25, 0.3) is 0 Å². The van der Waals surface area contributed by atoms with E-state index in [9.17, 15) is 24.4 Å². The van der Waals surface area contributed by atoms with E-state index in [1.807, 2.05) is 0 Å². The number of para-hydroxylation sites is 1. The highest BCUT2D eigenvalue weighted by Crippen LogP contribution is 2.26. The molecule has 2 aromatic rings. The van der Waals surface area contributed by atoms with E-state index in [2.05, 4.69) is 0 Å². The van der Waals surface area contributed by atoms with E-state index in [0.29, 0.717) is 0 Å². The van der Waals surface area contributed by atoms with Crippen LogP contribution < -0.4 is 0 Å². The molecule has 0 aromatic heterocycles. The van der Waals surface area contributed by atoms with Crippen molar-refractivity contribution in [2.24, 2.45) is 0 Å². The lowest BCUT2D eigenvalue weighted by molar-refractivity contribution is -0.385. The SMILES string of the molecule is O=C(c1cc(F)ccc1O)c1ccccc1[N+](=O)[O-]. The van der Waals surface area contributed by atoms with Gasteiger partial charge in [-0.25, -0.2) is 4.39 Å². The van der Waals surface area contributed by atoms with Crippen LogP contribution in [0.5, 0.6) is 5.75 Å². The van der Waals surface area contributed by atoms with Crippen molar-refractivity contribution < 1.29 is 19.2 Å². The number of halogens is 1. The summed E-state index contributed by atoms with van der Waals surface area (Å²) in [6.07, 6.45) is 0. The Morgan fingerprint density at radius 3 is 2.53 bits per heavy atom. The molecule has 2 rings (SSSR count). The topological polar surface area (TPSA) is 80.4 Å². The Bertz CT molecular complexity index is 669. The lowest BCUT2D eigenvalue weighted by Gasteiger charge is -2.04. The second kappa shape index (κ2) is 4.85. The molecule has 0 unspecified atom stereocenters. The summed E-state index contributed by atoms with van der Waals surface area (Å²) in [7, 11) is 0. The Kier molecular flexibility index (Phi) is 3.24. The van der Waals surface area contributed by atoms with E-state index in [1.165, 1.54) is 24.3 Å². The van der Waals surface area contributed by atoms with Crippen molar-refractivity contribution in [1.82, 2.24) is 0 Å². The number of nitro benzene ring substituents is 1. The summed E-state index contributed by atoms with van der Waals surface area (Å²) < 4.78 is 13.1. The minimum atomic E-state index is -0.802. The summed E-state index contributed by atoms with van der Waals surface area (Å²) in [6, 6.07) is 8.16. The highest BCUT2D eigenvalue weighted by molar-refractivity contribution is 6.12. The molecule has 19 heavy (non-hydrogen) atoms. The molecule has 0 fully saturated rings. The number of carbonyl (C=O) groups excluding carboxylic acids is 1. The van der Waals surface area contributed by atoms with Crippen LogP contribution in [0.15, 0.2) is 42.5 Å². The highest BCUT2D eigenvalue weighted by atomic mass is 19.1. The minimum absolute atomic E-state index is 0.201.